The maximum absolute atomic E-state index is 13.2. The van der Waals surface area contributed by atoms with Gasteiger partial charge < -0.3 is 25.2 Å². The van der Waals surface area contributed by atoms with Gasteiger partial charge in [0.1, 0.15) is 5.75 Å². The number of nitrogens with one attached hydrogen (secondary N) is 2. The molecule has 1 saturated heterocycles. The fraction of sp³-hybridized carbons (Fsp3) is 0.286. The first kappa shape index (κ1) is 26.9. The van der Waals surface area contributed by atoms with Crippen LogP contribution < -0.4 is 15.4 Å². The normalized spacial score (nSPS) is 13.5. The Labute approximate surface area is 229 Å². The molecule has 3 heterocycles. The zero-order chi connectivity index (χ0) is 28.2. The van der Waals surface area contributed by atoms with Crippen LogP contribution in [0, 0.1) is 6.92 Å². The second-order valence-electron chi connectivity index (χ2n) is 9.29. The third-order valence-corrected chi connectivity index (χ3v) is 6.70. The minimum absolute atomic E-state index is 0.0670. The Kier molecular flexibility index (Phi) is 7.76. The third kappa shape index (κ3) is 5.65. The number of halogens is 2. The lowest BCUT2D eigenvalue weighted by Crippen LogP contribution is -2.53. The Morgan fingerprint density at radius 2 is 1.75 bits per heavy atom. The van der Waals surface area contributed by atoms with Gasteiger partial charge in [0.25, 0.3) is 5.91 Å². The Morgan fingerprint density at radius 3 is 2.42 bits per heavy atom. The quantitative estimate of drug-likeness (QED) is 0.351. The SMILES string of the molecule is CCNC(=O)N1CCN(C(=O)c2ccc(Nc3nccn4c(-c5ccc(OC(F)F)cc5)cnc34)cc2C)CC1. The molecule has 2 N–H and O–H groups in total. The molecule has 4 aromatic rings. The van der Waals surface area contributed by atoms with E-state index in [-0.39, 0.29) is 17.7 Å². The monoisotopic (exact) mass is 549 g/mol. The molecule has 12 heteroatoms. The number of aromatic nitrogens is 3. The molecule has 0 atom stereocenters. The second kappa shape index (κ2) is 11.6. The van der Waals surface area contributed by atoms with Crippen LogP contribution in [0.1, 0.15) is 22.8 Å². The highest BCUT2D eigenvalue weighted by molar-refractivity contribution is 5.96. The minimum Gasteiger partial charge on any atom is -0.435 e. The maximum atomic E-state index is 13.2. The molecule has 2 aromatic carbocycles. The number of carbonyl (C=O) groups excluding carboxylic acids is 2. The number of hydrogen-bond acceptors (Lipinski definition) is 6. The Morgan fingerprint density at radius 1 is 1.02 bits per heavy atom. The molecule has 0 saturated carbocycles. The van der Waals surface area contributed by atoms with Crippen LogP contribution in [-0.4, -0.2) is 75.4 Å². The van der Waals surface area contributed by atoms with Crippen molar-refractivity contribution in [1.82, 2.24) is 29.5 Å². The summed E-state index contributed by atoms with van der Waals surface area (Å²) in [7, 11) is 0. The fourth-order valence-corrected chi connectivity index (χ4v) is 4.69. The molecule has 10 nitrogen and oxygen atoms in total. The number of fused-ring (bicyclic) bond motifs is 1. The lowest BCUT2D eigenvalue weighted by Gasteiger charge is -2.35. The van der Waals surface area contributed by atoms with Crippen molar-refractivity contribution in [3.05, 3.63) is 72.2 Å². The number of rotatable bonds is 7. The summed E-state index contributed by atoms with van der Waals surface area (Å²) in [5, 5.41) is 6.08. The number of piperazine rings is 1. The third-order valence-electron chi connectivity index (χ3n) is 6.70. The summed E-state index contributed by atoms with van der Waals surface area (Å²) in [5.41, 5.74) is 4.26. The highest BCUT2D eigenvalue weighted by atomic mass is 19.3. The van der Waals surface area contributed by atoms with Gasteiger partial charge in [-0.05, 0) is 61.9 Å². The van der Waals surface area contributed by atoms with Crippen LogP contribution in [0.25, 0.3) is 16.9 Å². The van der Waals surface area contributed by atoms with E-state index < -0.39 is 6.61 Å². The lowest BCUT2D eigenvalue weighted by molar-refractivity contribution is -0.0498. The van der Waals surface area contributed by atoms with Gasteiger partial charge in [0, 0.05) is 61.9 Å². The van der Waals surface area contributed by atoms with Crippen LogP contribution in [0.15, 0.2) is 61.1 Å². The van der Waals surface area contributed by atoms with Crippen LogP contribution in [0.5, 0.6) is 5.75 Å². The number of aryl methyl sites for hydroxylation is 1. The average molecular weight is 550 g/mol. The molecule has 0 spiro atoms. The van der Waals surface area contributed by atoms with Crippen molar-refractivity contribution in [2.24, 2.45) is 0 Å². The van der Waals surface area contributed by atoms with Crippen molar-refractivity contribution in [1.29, 1.82) is 0 Å². The van der Waals surface area contributed by atoms with Crippen LogP contribution in [0.3, 0.4) is 0 Å². The summed E-state index contributed by atoms with van der Waals surface area (Å²) in [6.45, 7) is 3.38. The summed E-state index contributed by atoms with van der Waals surface area (Å²) >= 11 is 0. The molecule has 3 amide bonds. The van der Waals surface area contributed by atoms with Gasteiger partial charge in [-0.25, -0.2) is 14.8 Å². The number of amides is 3. The fourth-order valence-electron chi connectivity index (χ4n) is 4.69. The van der Waals surface area contributed by atoms with E-state index in [0.29, 0.717) is 49.8 Å². The summed E-state index contributed by atoms with van der Waals surface area (Å²) in [6, 6.07) is 11.7. The summed E-state index contributed by atoms with van der Waals surface area (Å²) < 4.78 is 31.2. The number of anilines is 2. The van der Waals surface area contributed by atoms with E-state index in [4.69, 9.17) is 0 Å². The first-order valence-electron chi connectivity index (χ1n) is 12.9. The first-order chi connectivity index (χ1) is 19.3. The molecule has 1 fully saturated rings. The van der Waals surface area contributed by atoms with Crippen molar-refractivity contribution in [2.75, 3.05) is 38.0 Å². The first-order valence-corrected chi connectivity index (χ1v) is 12.9. The van der Waals surface area contributed by atoms with Crippen molar-refractivity contribution in [2.45, 2.75) is 20.5 Å². The van der Waals surface area contributed by atoms with E-state index in [0.717, 1.165) is 22.5 Å². The number of alkyl halides is 2. The molecule has 2 aromatic heterocycles. The van der Waals surface area contributed by atoms with E-state index in [1.54, 1.807) is 46.6 Å². The summed E-state index contributed by atoms with van der Waals surface area (Å²) in [4.78, 5) is 37.7. The van der Waals surface area contributed by atoms with Gasteiger partial charge in [-0.15, -0.1) is 0 Å². The number of benzene rings is 2. The van der Waals surface area contributed by atoms with E-state index in [1.165, 1.54) is 12.1 Å². The lowest BCUT2D eigenvalue weighted by atomic mass is 10.1. The molecular formula is C28H29F2N7O3. The van der Waals surface area contributed by atoms with Gasteiger partial charge in [0.15, 0.2) is 11.5 Å². The van der Waals surface area contributed by atoms with E-state index in [9.17, 15) is 18.4 Å². The highest BCUT2D eigenvalue weighted by Crippen LogP contribution is 2.28. The molecule has 0 bridgehead atoms. The van der Waals surface area contributed by atoms with Gasteiger partial charge in [-0.3, -0.25) is 9.20 Å². The smallest absolute Gasteiger partial charge is 0.387 e. The molecule has 0 aliphatic carbocycles. The molecule has 208 valence electrons. The molecule has 0 radical (unpaired) electrons. The Hall–Kier alpha value is -4.74. The number of carbonyl (C=O) groups is 2. The van der Waals surface area contributed by atoms with Gasteiger partial charge in [0.2, 0.25) is 0 Å². The average Bonchev–Trinajstić information content (AvgIpc) is 3.38. The van der Waals surface area contributed by atoms with Crippen LogP contribution in [0.4, 0.5) is 25.1 Å². The summed E-state index contributed by atoms with van der Waals surface area (Å²) in [6.07, 6.45) is 5.09. The molecule has 5 rings (SSSR count). The van der Waals surface area contributed by atoms with Crippen LogP contribution >= 0.6 is 0 Å². The van der Waals surface area contributed by atoms with Crippen molar-refractivity contribution in [3.8, 4) is 17.0 Å². The van der Waals surface area contributed by atoms with Gasteiger partial charge >= 0.3 is 12.6 Å². The molecular weight excluding hydrogens is 520 g/mol. The largest absolute Gasteiger partial charge is 0.435 e. The van der Waals surface area contributed by atoms with Crippen molar-refractivity contribution < 1.29 is 23.1 Å². The van der Waals surface area contributed by atoms with Gasteiger partial charge in [-0.2, -0.15) is 8.78 Å². The van der Waals surface area contributed by atoms with Gasteiger partial charge in [0.05, 0.1) is 11.9 Å². The zero-order valence-corrected chi connectivity index (χ0v) is 22.1. The Balaban J connectivity index is 1.29. The standard InChI is InChI=1S/C28H29F2N7O3/c1-3-31-28(39)36-14-12-35(13-15-36)26(38)22-9-6-20(16-18(22)2)34-24-25-33-17-23(37(25)11-10-32-24)19-4-7-21(8-5-19)40-27(29)30/h4-11,16-17,27H,3,12-15H2,1-2H3,(H,31,39)(H,32,34). The van der Waals surface area contributed by atoms with E-state index in [2.05, 4.69) is 25.3 Å². The number of urea groups is 1. The molecule has 1 aliphatic heterocycles. The minimum atomic E-state index is -2.88. The molecule has 0 unspecified atom stereocenters. The summed E-state index contributed by atoms with van der Waals surface area (Å²) in [5.74, 6) is 0.532. The number of hydrogen-bond donors (Lipinski definition) is 2. The zero-order valence-electron chi connectivity index (χ0n) is 22.1. The van der Waals surface area contributed by atoms with Crippen molar-refractivity contribution >= 4 is 29.1 Å². The van der Waals surface area contributed by atoms with Gasteiger partial charge in [-0.1, -0.05) is 0 Å². The van der Waals surface area contributed by atoms with E-state index in [1.807, 2.05) is 30.4 Å². The van der Waals surface area contributed by atoms with E-state index >= 15 is 0 Å². The second-order valence-corrected chi connectivity index (χ2v) is 9.29. The topological polar surface area (TPSA) is 104 Å². The highest BCUT2D eigenvalue weighted by Gasteiger charge is 2.25. The van der Waals surface area contributed by atoms with Crippen LogP contribution in [-0.2, 0) is 0 Å². The number of ether oxygens (including phenoxy) is 1. The predicted molar refractivity (Wildman–Crippen MR) is 146 cm³/mol. The predicted octanol–water partition coefficient (Wildman–Crippen LogP) is 4.54. The molecule has 1 aliphatic rings. The number of imidazole rings is 1. The maximum Gasteiger partial charge on any atom is 0.387 e. The van der Waals surface area contributed by atoms with Crippen molar-refractivity contribution in [3.63, 3.8) is 0 Å². The molecule has 40 heavy (non-hydrogen) atoms. The Bertz CT molecular complexity index is 1520. The van der Waals surface area contributed by atoms with Crippen LogP contribution in [0.2, 0.25) is 0 Å². The number of nitrogens with zero attached hydrogens (tertiary/aromatic N) is 5.